The molecule has 2 unspecified atom stereocenters. The molecular formula is C22H23N3O2. The van der Waals surface area contributed by atoms with Crippen LogP contribution in [-0.2, 0) is 5.79 Å². The summed E-state index contributed by atoms with van der Waals surface area (Å²) < 4.78 is 12.5. The maximum absolute atomic E-state index is 8.98. The molecule has 2 fully saturated rings. The molecule has 3 aliphatic rings. The Labute approximate surface area is 159 Å². The molecule has 0 N–H and O–H groups in total. The lowest BCUT2D eigenvalue weighted by molar-refractivity contribution is -0.0716. The molecule has 0 radical (unpaired) electrons. The Morgan fingerprint density at radius 3 is 2.59 bits per heavy atom. The van der Waals surface area contributed by atoms with Crippen molar-refractivity contribution in [3.8, 4) is 17.6 Å². The van der Waals surface area contributed by atoms with Gasteiger partial charge in [-0.25, -0.2) is 0 Å². The third-order valence-electron chi connectivity index (χ3n) is 6.62. The summed E-state index contributed by atoms with van der Waals surface area (Å²) in [5.41, 5.74) is 2.89. The molecule has 0 amide bonds. The Morgan fingerprint density at radius 2 is 1.96 bits per heavy atom. The van der Waals surface area contributed by atoms with Crippen LogP contribution < -0.4 is 14.4 Å². The molecule has 5 nitrogen and oxygen atoms in total. The van der Waals surface area contributed by atoms with E-state index in [0.717, 1.165) is 36.2 Å². The van der Waals surface area contributed by atoms with Crippen LogP contribution in [0.5, 0.6) is 11.5 Å². The van der Waals surface area contributed by atoms with E-state index in [1.807, 2.05) is 19.1 Å². The zero-order chi connectivity index (χ0) is 18.6. The first-order chi connectivity index (χ1) is 13.0. The van der Waals surface area contributed by atoms with Gasteiger partial charge in [0.25, 0.3) is 5.79 Å². The highest BCUT2D eigenvalue weighted by molar-refractivity contribution is 5.66. The Bertz CT molecular complexity index is 926. The van der Waals surface area contributed by atoms with Gasteiger partial charge >= 0.3 is 0 Å². The van der Waals surface area contributed by atoms with Crippen molar-refractivity contribution in [1.29, 1.82) is 5.26 Å². The lowest BCUT2D eigenvalue weighted by Gasteiger charge is -2.35. The summed E-state index contributed by atoms with van der Waals surface area (Å²) in [6.45, 7) is 6.39. The Morgan fingerprint density at radius 1 is 1.19 bits per heavy atom. The number of hydrogen-bond donors (Lipinski definition) is 0. The number of ether oxygens (including phenoxy) is 2. The van der Waals surface area contributed by atoms with E-state index in [-0.39, 0.29) is 0 Å². The van der Waals surface area contributed by atoms with Crippen LogP contribution in [0, 0.1) is 22.7 Å². The summed E-state index contributed by atoms with van der Waals surface area (Å²) in [4.78, 5) is 6.81. The number of rotatable bonds is 2. The Hall–Kier alpha value is -2.74. The second-order valence-electron chi connectivity index (χ2n) is 8.25. The van der Waals surface area contributed by atoms with E-state index in [2.05, 4.69) is 28.9 Å². The van der Waals surface area contributed by atoms with Crippen LogP contribution in [0.25, 0.3) is 0 Å². The summed E-state index contributed by atoms with van der Waals surface area (Å²) in [6.07, 6.45) is 5.45. The fourth-order valence-electron chi connectivity index (χ4n) is 4.64. The molecule has 1 aromatic carbocycles. The highest BCUT2D eigenvalue weighted by atomic mass is 16.7. The second kappa shape index (κ2) is 5.63. The van der Waals surface area contributed by atoms with Crippen molar-refractivity contribution in [2.45, 2.75) is 38.9 Å². The van der Waals surface area contributed by atoms with Crippen molar-refractivity contribution in [3.05, 3.63) is 47.8 Å². The Balaban J connectivity index is 1.40. The Kier molecular flexibility index (Phi) is 3.42. The van der Waals surface area contributed by atoms with Crippen LogP contribution in [0.1, 0.15) is 44.4 Å². The van der Waals surface area contributed by atoms with Gasteiger partial charge in [-0.1, -0.05) is 13.0 Å². The number of pyridine rings is 1. The molecule has 1 aromatic heterocycles. The molecule has 27 heavy (non-hydrogen) atoms. The summed E-state index contributed by atoms with van der Waals surface area (Å²) in [7, 11) is 0. The number of piperidine rings is 1. The molecular weight excluding hydrogens is 338 g/mol. The first kappa shape index (κ1) is 16.4. The lowest BCUT2D eigenvalue weighted by Crippen LogP contribution is -2.36. The molecule has 5 heteroatoms. The molecule has 5 rings (SSSR count). The van der Waals surface area contributed by atoms with Gasteiger partial charge in [-0.05, 0) is 54.9 Å². The number of hydrogen-bond acceptors (Lipinski definition) is 5. The van der Waals surface area contributed by atoms with Crippen molar-refractivity contribution in [3.63, 3.8) is 0 Å². The zero-order valence-electron chi connectivity index (χ0n) is 15.7. The van der Waals surface area contributed by atoms with Crippen LogP contribution in [0.2, 0.25) is 0 Å². The topological polar surface area (TPSA) is 58.4 Å². The quantitative estimate of drug-likeness (QED) is 0.801. The molecule has 1 aliphatic carbocycles. The summed E-state index contributed by atoms with van der Waals surface area (Å²) in [6, 6.07) is 11.7. The third kappa shape index (κ3) is 2.55. The van der Waals surface area contributed by atoms with E-state index in [1.165, 1.54) is 19.3 Å². The van der Waals surface area contributed by atoms with E-state index in [0.29, 0.717) is 16.7 Å². The fraction of sp³-hybridized carbons (Fsp3) is 0.455. The van der Waals surface area contributed by atoms with Crippen molar-refractivity contribution in [2.24, 2.45) is 11.3 Å². The van der Waals surface area contributed by atoms with Crippen molar-refractivity contribution < 1.29 is 9.47 Å². The predicted octanol–water partition coefficient (Wildman–Crippen LogP) is 4.22. The van der Waals surface area contributed by atoms with E-state index in [9.17, 15) is 0 Å². The standard InChI is InChI=1S/C22H23N3O2/c1-15-12-22(15)8-10-25(11-9-22)17-4-3-5-18-20(17)27-21(2,26-18)19-7-6-16(13-23)14-24-19/h3-7,14-15H,8-12H2,1-2H3. The summed E-state index contributed by atoms with van der Waals surface area (Å²) in [5, 5.41) is 8.98. The monoisotopic (exact) mass is 361 g/mol. The molecule has 2 aromatic rings. The van der Waals surface area contributed by atoms with Crippen LogP contribution in [0.3, 0.4) is 0 Å². The van der Waals surface area contributed by atoms with Crippen LogP contribution in [0.4, 0.5) is 5.69 Å². The highest BCUT2D eigenvalue weighted by Crippen LogP contribution is 2.60. The average molecular weight is 361 g/mol. The maximum atomic E-state index is 8.98. The SMILES string of the molecule is CC1CC12CCN(c1cccc3c1OC(C)(c1ccc(C#N)cn1)O3)CC2. The minimum absolute atomic E-state index is 0.523. The van der Waals surface area contributed by atoms with Crippen molar-refractivity contribution in [1.82, 2.24) is 4.98 Å². The summed E-state index contributed by atoms with van der Waals surface area (Å²) in [5.74, 6) is 1.45. The molecule has 1 spiro atoms. The van der Waals surface area contributed by atoms with Crippen LogP contribution in [0.15, 0.2) is 36.5 Å². The third-order valence-corrected chi connectivity index (χ3v) is 6.62. The zero-order valence-corrected chi connectivity index (χ0v) is 15.7. The lowest BCUT2D eigenvalue weighted by atomic mass is 9.91. The van der Waals surface area contributed by atoms with E-state index < -0.39 is 5.79 Å². The molecule has 0 bridgehead atoms. The predicted molar refractivity (Wildman–Crippen MR) is 102 cm³/mol. The van der Waals surface area contributed by atoms with E-state index >= 15 is 0 Å². The van der Waals surface area contributed by atoms with Gasteiger partial charge in [-0.3, -0.25) is 4.98 Å². The number of nitriles is 1. The average Bonchev–Trinajstić information content (AvgIpc) is 3.15. The number of anilines is 1. The van der Waals surface area contributed by atoms with Crippen LogP contribution >= 0.6 is 0 Å². The van der Waals surface area contributed by atoms with Gasteiger partial charge in [0.05, 0.1) is 11.3 Å². The molecule has 1 saturated carbocycles. The van der Waals surface area contributed by atoms with Gasteiger partial charge in [0.2, 0.25) is 0 Å². The van der Waals surface area contributed by atoms with Gasteiger partial charge < -0.3 is 14.4 Å². The minimum atomic E-state index is -0.978. The van der Waals surface area contributed by atoms with Gasteiger partial charge in [0, 0.05) is 26.2 Å². The molecule has 2 atom stereocenters. The first-order valence-electron chi connectivity index (χ1n) is 9.66. The van der Waals surface area contributed by atoms with E-state index in [4.69, 9.17) is 14.7 Å². The van der Waals surface area contributed by atoms with Crippen LogP contribution in [-0.4, -0.2) is 18.1 Å². The molecule has 2 aliphatic heterocycles. The maximum Gasteiger partial charge on any atom is 0.292 e. The molecule has 1 saturated heterocycles. The number of aromatic nitrogens is 1. The van der Waals surface area contributed by atoms with Crippen molar-refractivity contribution >= 4 is 5.69 Å². The summed E-state index contributed by atoms with van der Waals surface area (Å²) >= 11 is 0. The second-order valence-corrected chi connectivity index (χ2v) is 8.25. The first-order valence-corrected chi connectivity index (χ1v) is 9.66. The minimum Gasteiger partial charge on any atom is -0.443 e. The van der Waals surface area contributed by atoms with E-state index in [1.54, 1.807) is 18.3 Å². The van der Waals surface area contributed by atoms with Gasteiger partial charge in [-0.15, -0.1) is 0 Å². The number of benzene rings is 1. The fourth-order valence-corrected chi connectivity index (χ4v) is 4.64. The molecule has 138 valence electrons. The smallest absolute Gasteiger partial charge is 0.292 e. The van der Waals surface area contributed by atoms with Gasteiger partial charge in [0.1, 0.15) is 11.8 Å². The molecule has 3 heterocycles. The van der Waals surface area contributed by atoms with Gasteiger partial charge in [-0.2, -0.15) is 5.26 Å². The number of nitrogens with zero attached hydrogens (tertiary/aromatic N) is 3. The number of para-hydroxylation sites is 1. The van der Waals surface area contributed by atoms with Crippen molar-refractivity contribution in [2.75, 3.05) is 18.0 Å². The number of fused-ring (bicyclic) bond motifs is 1. The van der Waals surface area contributed by atoms with Gasteiger partial charge in [0.15, 0.2) is 11.5 Å². The normalized spacial score (nSPS) is 27.4. The largest absolute Gasteiger partial charge is 0.443 e. The highest BCUT2D eigenvalue weighted by Gasteiger charge is 2.52.